The average Bonchev–Trinajstić information content (AvgIpc) is 2.51. The van der Waals surface area contributed by atoms with E-state index in [1.165, 1.54) is 38.4 Å². The van der Waals surface area contributed by atoms with Crippen LogP contribution in [0.5, 0.6) is 0 Å². The van der Waals surface area contributed by atoms with E-state index >= 15 is 0 Å². The monoisotopic (exact) mass is 347 g/mol. The second-order valence-electron chi connectivity index (χ2n) is 5.88. The third-order valence-electron chi connectivity index (χ3n) is 3.52. The van der Waals surface area contributed by atoms with Crippen molar-refractivity contribution in [3.05, 3.63) is 64.7 Å². The minimum atomic E-state index is -3.50. The van der Waals surface area contributed by atoms with Gasteiger partial charge in [0, 0.05) is 14.1 Å². The molecule has 0 radical (unpaired) electrons. The lowest BCUT2D eigenvalue weighted by molar-refractivity contribution is 0.0472. The van der Waals surface area contributed by atoms with Crippen LogP contribution in [0.4, 0.5) is 0 Å². The van der Waals surface area contributed by atoms with E-state index < -0.39 is 16.0 Å². The number of nitrogens with zero attached hydrogens (tertiary/aromatic N) is 1. The summed E-state index contributed by atoms with van der Waals surface area (Å²) in [7, 11) is -0.584. The first kappa shape index (κ1) is 18.2. The summed E-state index contributed by atoms with van der Waals surface area (Å²) in [4.78, 5) is 12.2. The smallest absolute Gasteiger partial charge is 0.338 e. The second kappa shape index (κ2) is 7.15. The zero-order valence-electron chi connectivity index (χ0n) is 14.2. The Morgan fingerprint density at radius 3 is 2.04 bits per heavy atom. The zero-order chi connectivity index (χ0) is 17.9. The summed E-state index contributed by atoms with van der Waals surface area (Å²) in [6.45, 7) is 4.16. The number of ether oxygens (including phenoxy) is 1. The van der Waals surface area contributed by atoms with E-state index in [9.17, 15) is 13.2 Å². The first-order valence-corrected chi connectivity index (χ1v) is 8.91. The summed E-state index contributed by atoms with van der Waals surface area (Å²) in [6.07, 6.45) is 0. The highest BCUT2D eigenvalue weighted by atomic mass is 32.2. The van der Waals surface area contributed by atoms with Gasteiger partial charge in [0.2, 0.25) is 10.0 Å². The highest BCUT2D eigenvalue weighted by Crippen LogP contribution is 2.15. The predicted octanol–water partition coefficient (Wildman–Crippen LogP) is 2.91. The van der Waals surface area contributed by atoms with Crippen molar-refractivity contribution in [1.82, 2.24) is 4.31 Å². The van der Waals surface area contributed by atoms with Crippen molar-refractivity contribution in [3.8, 4) is 0 Å². The summed E-state index contributed by atoms with van der Waals surface area (Å²) < 4.78 is 30.4. The van der Waals surface area contributed by atoms with Crippen molar-refractivity contribution >= 4 is 16.0 Å². The highest BCUT2D eigenvalue weighted by Gasteiger charge is 2.17. The maximum Gasteiger partial charge on any atom is 0.338 e. The number of hydrogen-bond acceptors (Lipinski definition) is 4. The van der Waals surface area contributed by atoms with Crippen molar-refractivity contribution in [2.45, 2.75) is 25.3 Å². The molecule has 0 aliphatic carbocycles. The fraction of sp³-hybridized carbons (Fsp3) is 0.278. The quantitative estimate of drug-likeness (QED) is 0.780. The van der Waals surface area contributed by atoms with Crippen LogP contribution in [0.15, 0.2) is 47.4 Å². The Morgan fingerprint density at radius 2 is 1.54 bits per heavy atom. The van der Waals surface area contributed by atoms with Gasteiger partial charge in [-0.25, -0.2) is 17.5 Å². The third kappa shape index (κ3) is 4.21. The van der Waals surface area contributed by atoms with Crippen molar-refractivity contribution in [2.24, 2.45) is 0 Å². The maximum absolute atomic E-state index is 12.1. The molecule has 0 saturated heterocycles. The molecule has 0 aliphatic rings. The third-order valence-corrected chi connectivity index (χ3v) is 5.35. The van der Waals surface area contributed by atoms with Crippen LogP contribution in [0.1, 0.15) is 27.0 Å². The molecule has 2 aromatic carbocycles. The number of aryl methyl sites for hydroxylation is 2. The van der Waals surface area contributed by atoms with Gasteiger partial charge in [-0.05, 0) is 43.7 Å². The summed E-state index contributed by atoms with van der Waals surface area (Å²) in [5.41, 5.74) is 3.46. The normalized spacial score (nSPS) is 11.5. The number of rotatable bonds is 5. The van der Waals surface area contributed by atoms with Gasteiger partial charge in [-0.2, -0.15) is 0 Å². The van der Waals surface area contributed by atoms with Crippen LogP contribution in [0.3, 0.4) is 0 Å². The molecule has 2 rings (SSSR count). The lowest BCUT2D eigenvalue weighted by Crippen LogP contribution is -2.22. The summed E-state index contributed by atoms with van der Waals surface area (Å²) in [5, 5.41) is 0. The van der Waals surface area contributed by atoms with Crippen LogP contribution in [0, 0.1) is 13.8 Å². The second-order valence-corrected chi connectivity index (χ2v) is 8.04. The summed E-state index contributed by atoms with van der Waals surface area (Å²) >= 11 is 0. The SMILES string of the molecule is Cc1cc(C)cc(COC(=O)c2ccc(S(=O)(=O)N(C)C)cc2)c1. The molecule has 0 aromatic heterocycles. The Bertz CT molecular complexity index is 820. The van der Waals surface area contributed by atoms with Crippen molar-refractivity contribution in [3.63, 3.8) is 0 Å². The maximum atomic E-state index is 12.1. The molecule has 24 heavy (non-hydrogen) atoms. The molecule has 0 unspecified atom stereocenters. The minimum absolute atomic E-state index is 0.137. The average molecular weight is 347 g/mol. The molecule has 0 amide bonds. The minimum Gasteiger partial charge on any atom is -0.457 e. The number of benzene rings is 2. The van der Waals surface area contributed by atoms with Gasteiger partial charge in [0.15, 0.2) is 0 Å². The van der Waals surface area contributed by atoms with Crippen LogP contribution in [-0.4, -0.2) is 32.8 Å². The molecule has 128 valence electrons. The van der Waals surface area contributed by atoms with Crippen LogP contribution in [0.25, 0.3) is 0 Å². The van der Waals surface area contributed by atoms with Gasteiger partial charge < -0.3 is 4.74 Å². The summed E-state index contributed by atoms with van der Waals surface area (Å²) in [5.74, 6) is -0.483. The molecule has 0 heterocycles. The molecule has 0 atom stereocenters. The molecule has 6 heteroatoms. The molecule has 0 bridgehead atoms. The molecule has 0 fully saturated rings. The molecule has 0 aliphatic heterocycles. The van der Waals surface area contributed by atoms with Gasteiger partial charge in [-0.1, -0.05) is 29.3 Å². The Kier molecular flexibility index (Phi) is 5.41. The Balaban J connectivity index is 2.08. The van der Waals surface area contributed by atoms with E-state index in [1.54, 1.807) is 0 Å². The molecular weight excluding hydrogens is 326 g/mol. The lowest BCUT2D eigenvalue weighted by atomic mass is 10.1. The van der Waals surface area contributed by atoms with Crippen LogP contribution < -0.4 is 0 Å². The van der Waals surface area contributed by atoms with E-state index in [0.29, 0.717) is 5.56 Å². The number of carbonyl (C=O) groups excluding carboxylic acids is 1. The molecule has 0 spiro atoms. The predicted molar refractivity (Wildman–Crippen MR) is 92.4 cm³/mol. The topological polar surface area (TPSA) is 63.7 Å². The van der Waals surface area contributed by atoms with Crippen molar-refractivity contribution in [2.75, 3.05) is 14.1 Å². The van der Waals surface area contributed by atoms with Crippen LogP contribution in [-0.2, 0) is 21.4 Å². The first-order valence-electron chi connectivity index (χ1n) is 7.47. The summed E-state index contributed by atoms with van der Waals surface area (Å²) in [6, 6.07) is 11.7. The van der Waals surface area contributed by atoms with E-state index in [1.807, 2.05) is 26.0 Å². The van der Waals surface area contributed by atoms with Crippen molar-refractivity contribution < 1.29 is 17.9 Å². The van der Waals surface area contributed by atoms with Gasteiger partial charge in [0.1, 0.15) is 6.61 Å². The van der Waals surface area contributed by atoms with Gasteiger partial charge in [-0.3, -0.25) is 0 Å². The molecule has 2 aromatic rings. The first-order chi connectivity index (χ1) is 11.2. The number of sulfonamides is 1. The fourth-order valence-electron chi connectivity index (χ4n) is 2.36. The van der Waals surface area contributed by atoms with E-state index in [4.69, 9.17) is 4.74 Å². The highest BCUT2D eigenvalue weighted by molar-refractivity contribution is 7.89. The van der Waals surface area contributed by atoms with Gasteiger partial charge in [0.25, 0.3) is 0 Å². The fourth-order valence-corrected chi connectivity index (χ4v) is 3.26. The van der Waals surface area contributed by atoms with E-state index in [-0.39, 0.29) is 11.5 Å². The Hall–Kier alpha value is -2.18. The van der Waals surface area contributed by atoms with E-state index in [0.717, 1.165) is 21.0 Å². The molecule has 0 saturated carbocycles. The number of esters is 1. The largest absolute Gasteiger partial charge is 0.457 e. The molecular formula is C18H21NO4S. The number of hydrogen-bond donors (Lipinski definition) is 0. The standard InChI is InChI=1S/C18H21NO4S/c1-13-9-14(2)11-15(10-13)12-23-18(20)16-5-7-17(8-6-16)24(21,22)19(3)4/h5-11H,12H2,1-4H3. The van der Waals surface area contributed by atoms with Crippen molar-refractivity contribution in [1.29, 1.82) is 0 Å². The zero-order valence-corrected chi connectivity index (χ0v) is 15.1. The Morgan fingerprint density at radius 1 is 1.00 bits per heavy atom. The van der Waals surface area contributed by atoms with Crippen LogP contribution >= 0.6 is 0 Å². The number of carbonyl (C=O) groups is 1. The molecule has 0 N–H and O–H groups in total. The van der Waals surface area contributed by atoms with Gasteiger partial charge in [0.05, 0.1) is 10.5 Å². The van der Waals surface area contributed by atoms with Crippen LogP contribution in [0.2, 0.25) is 0 Å². The van der Waals surface area contributed by atoms with Gasteiger partial charge >= 0.3 is 5.97 Å². The van der Waals surface area contributed by atoms with E-state index in [2.05, 4.69) is 6.07 Å². The Labute approximate surface area is 142 Å². The molecule has 5 nitrogen and oxygen atoms in total. The van der Waals surface area contributed by atoms with Gasteiger partial charge in [-0.15, -0.1) is 0 Å². The lowest BCUT2D eigenvalue weighted by Gasteiger charge is -2.11.